The molecule has 4 rings (SSSR count). The third-order valence-corrected chi connectivity index (χ3v) is 7.19. The second-order valence-corrected chi connectivity index (χ2v) is 10.7. The number of amidine groups is 1. The van der Waals surface area contributed by atoms with E-state index in [0.29, 0.717) is 28.2 Å². The Bertz CT molecular complexity index is 1240. The third kappa shape index (κ3) is 6.30. The maximum Gasteiger partial charge on any atom is 0.264 e. The summed E-state index contributed by atoms with van der Waals surface area (Å²) in [6, 6.07) is 19.9. The fourth-order valence-corrected chi connectivity index (χ4v) is 5.05. The first-order valence-electron chi connectivity index (χ1n) is 10.0. The minimum Gasteiger partial charge on any atom is -0.493 e. The van der Waals surface area contributed by atoms with Crippen LogP contribution in [-0.2, 0) is 11.4 Å². The highest BCUT2D eigenvalue weighted by molar-refractivity contribution is 14.1. The second-order valence-electron chi connectivity index (χ2n) is 7.27. The first kappa shape index (κ1) is 24.1. The molecule has 1 aliphatic rings. The van der Waals surface area contributed by atoms with E-state index in [9.17, 15) is 4.79 Å². The van der Waals surface area contributed by atoms with E-state index >= 15 is 0 Å². The maximum atomic E-state index is 12.5. The summed E-state index contributed by atoms with van der Waals surface area (Å²) >= 11 is 5.83. The minimum absolute atomic E-state index is 0.168. The van der Waals surface area contributed by atoms with Crippen molar-refractivity contribution >= 4 is 79.8 Å². The number of methoxy groups -OCH3 is 1. The van der Waals surface area contributed by atoms with E-state index in [0.717, 1.165) is 25.9 Å². The highest BCUT2D eigenvalue weighted by atomic mass is 127. The summed E-state index contributed by atoms with van der Waals surface area (Å²) in [4.78, 5) is 17.6. The molecular weight excluding hydrogens is 662 g/mol. The first-order valence-corrected chi connectivity index (χ1v) is 13.0. The van der Waals surface area contributed by atoms with Crippen LogP contribution >= 0.6 is 56.9 Å². The number of aryl methyl sites for hydroxylation is 1. The molecule has 0 bridgehead atoms. The molecule has 0 atom stereocenters. The molecule has 0 spiro atoms. The molecule has 0 saturated carbocycles. The summed E-state index contributed by atoms with van der Waals surface area (Å²) in [7, 11) is 1.61. The zero-order valence-corrected chi connectivity index (χ0v) is 23.0. The van der Waals surface area contributed by atoms with Gasteiger partial charge in [0.05, 0.1) is 21.3 Å². The number of rotatable bonds is 6. The SMILES string of the molecule is COc1cc(/C=C2/SC(=Nc3ccc(C)cc3)NC2=O)cc(I)c1OCc1ccc(I)cc1. The van der Waals surface area contributed by atoms with E-state index in [4.69, 9.17) is 9.47 Å². The van der Waals surface area contributed by atoms with Crippen LogP contribution in [0.15, 0.2) is 70.6 Å². The van der Waals surface area contributed by atoms with E-state index in [2.05, 4.69) is 67.6 Å². The van der Waals surface area contributed by atoms with Gasteiger partial charge in [0.1, 0.15) is 6.61 Å². The van der Waals surface area contributed by atoms with Gasteiger partial charge >= 0.3 is 0 Å². The Morgan fingerprint density at radius 2 is 1.79 bits per heavy atom. The average molecular weight is 682 g/mol. The minimum atomic E-state index is -0.168. The van der Waals surface area contributed by atoms with Gasteiger partial charge < -0.3 is 14.8 Å². The fraction of sp³-hybridized carbons (Fsp3) is 0.120. The van der Waals surface area contributed by atoms with Gasteiger partial charge in [-0.25, -0.2) is 4.99 Å². The number of hydrogen-bond donors (Lipinski definition) is 1. The molecule has 1 fully saturated rings. The summed E-state index contributed by atoms with van der Waals surface area (Å²) < 4.78 is 13.7. The van der Waals surface area contributed by atoms with Crippen LogP contribution in [0.4, 0.5) is 5.69 Å². The predicted molar refractivity (Wildman–Crippen MR) is 151 cm³/mol. The molecule has 1 aliphatic heterocycles. The van der Waals surface area contributed by atoms with Crippen molar-refractivity contribution < 1.29 is 14.3 Å². The van der Waals surface area contributed by atoms with Crippen LogP contribution < -0.4 is 14.8 Å². The molecule has 0 aromatic heterocycles. The zero-order valence-electron chi connectivity index (χ0n) is 17.9. The van der Waals surface area contributed by atoms with Gasteiger partial charge in [-0.05, 0) is 117 Å². The zero-order chi connectivity index (χ0) is 23.4. The van der Waals surface area contributed by atoms with E-state index in [1.54, 1.807) is 7.11 Å². The van der Waals surface area contributed by atoms with Crippen LogP contribution in [0.1, 0.15) is 16.7 Å². The van der Waals surface area contributed by atoms with Gasteiger partial charge in [0, 0.05) is 3.57 Å². The maximum absolute atomic E-state index is 12.5. The lowest BCUT2D eigenvalue weighted by atomic mass is 10.2. The third-order valence-electron chi connectivity index (χ3n) is 4.76. The number of thioether (sulfide) groups is 1. The van der Waals surface area contributed by atoms with Crippen molar-refractivity contribution in [1.29, 1.82) is 0 Å². The molecule has 0 aliphatic carbocycles. The standard InChI is InChI=1S/C25H20I2N2O3S/c1-15-3-9-19(10-4-15)28-25-29-24(30)22(33-25)13-17-11-20(27)23(21(12-17)31-2)32-14-16-5-7-18(26)8-6-16/h3-13H,14H2,1-2H3,(H,28,29,30)/b22-13+. The van der Waals surface area contributed by atoms with Crippen LogP contribution in [0, 0.1) is 14.1 Å². The first-order chi connectivity index (χ1) is 15.9. The normalized spacial score (nSPS) is 15.7. The van der Waals surface area contributed by atoms with Crippen LogP contribution in [0.2, 0.25) is 0 Å². The van der Waals surface area contributed by atoms with Gasteiger partial charge in [-0.2, -0.15) is 0 Å². The van der Waals surface area contributed by atoms with E-state index in [1.165, 1.54) is 15.3 Å². The van der Waals surface area contributed by atoms with Crippen LogP contribution in [0.25, 0.3) is 6.08 Å². The van der Waals surface area contributed by atoms with Gasteiger partial charge in [-0.1, -0.05) is 29.8 Å². The Balaban J connectivity index is 1.52. The largest absolute Gasteiger partial charge is 0.493 e. The Morgan fingerprint density at radius 1 is 1.06 bits per heavy atom. The van der Waals surface area contributed by atoms with Crippen molar-refractivity contribution in [3.63, 3.8) is 0 Å². The topological polar surface area (TPSA) is 59.9 Å². The number of aliphatic imine (C=N–C) groups is 1. The lowest BCUT2D eigenvalue weighted by Crippen LogP contribution is -2.19. The molecule has 1 amide bonds. The summed E-state index contributed by atoms with van der Waals surface area (Å²) in [6.07, 6.45) is 1.84. The molecule has 168 valence electrons. The molecule has 0 radical (unpaired) electrons. The predicted octanol–water partition coefficient (Wildman–Crippen LogP) is 6.68. The van der Waals surface area contributed by atoms with Crippen molar-refractivity contribution in [3.05, 3.63) is 89.4 Å². The van der Waals surface area contributed by atoms with Gasteiger partial charge in [0.25, 0.3) is 5.91 Å². The number of carbonyl (C=O) groups excluding carboxylic acids is 1. The molecule has 3 aromatic rings. The Labute approximate surface area is 224 Å². The van der Waals surface area contributed by atoms with Crippen LogP contribution in [0.5, 0.6) is 11.5 Å². The molecule has 5 nitrogen and oxygen atoms in total. The summed E-state index contributed by atoms with van der Waals surface area (Å²) in [5.41, 5.74) is 3.90. The molecular formula is C25H20I2N2O3S. The molecule has 0 unspecified atom stereocenters. The van der Waals surface area contributed by atoms with E-state index in [1.807, 2.05) is 61.5 Å². The van der Waals surface area contributed by atoms with Crippen molar-refractivity contribution in [2.45, 2.75) is 13.5 Å². The summed E-state index contributed by atoms with van der Waals surface area (Å²) in [5, 5.41) is 3.40. The van der Waals surface area contributed by atoms with Gasteiger partial charge in [0.2, 0.25) is 0 Å². The van der Waals surface area contributed by atoms with Gasteiger partial charge in [-0.3, -0.25) is 4.79 Å². The van der Waals surface area contributed by atoms with Crippen molar-refractivity contribution in [2.75, 3.05) is 7.11 Å². The monoisotopic (exact) mass is 682 g/mol. The second kappa shape index (κ2) is 10.9. The smallest absolute Gasteiger partial charge is 0.264 e. The highest BCUT2D eigenvalue weighted by Gasteiger charge is 2.24. The number of nitrogens with zero attached hydrogens (tertiary/aromatic N) is 1. The van der Waals surface area contributed by atoms with Crippen molar-refractivity contribution in [2.24, 2.45) is 4.99 Å². The molecule has 3 aromatic carbocycles. The number of nitrogens with one attached hydrogen (secondary N) is 1. The van der Waals surface area contributed by atoms with Crippen LogP contribution in [-0.4, -0.2) is 18.2 Å². The Morgan fingerprint density at radius 3 is 2.48 bits per heavy atom. The summed E-state index contributed by atoms with van der Waals surface area (Å²) in [6.45, 7) is 2.47. The number of hydrogen-bond acceptors (Lipinski definition) is 5. The highest BCUT2D eigenvalue weighted by Crippen LogP contribution is 2.36. The van der Waals surface area contributed by atoms with Crippen molar-refractivity contribution in [3.8, 4) is 11.5 Å². The molecule has 1 saturated heterocycles. The molecule has 1 heterocycles. The van der Waals surface area contributed by atoms with E-state index in [-0.39, 0.29) is 5.91 Å². The lowest BCUT2D eigenvalue weighted by molar-refractivity contribution is -0.115. The number of halogens is 2. The van der Waals surface area contributed by atoms with E-state index < -0.39 is 0 Å². The average Bonchev–Trinajstić information content (AvgIpc) is 3.13. The number of benzene rings is 3. The Kier molecular flexibility index (Phi) is 7.97. The van der Waals surface area contributed by atoms with Crippen molar-refractivity contribution in [1.82, 2.24) is 5.32 Å². The molecule has 33 heavy (non-hydrogen) atoms. The fourth-order valence-electron chi connectivity index (χ4n) is 3.07. The summed E-state index contributed by atoms with van der Waals surface area (Å²) in [5.74, 6) is 1.14. The Hall–Kier alpha value is -2.05. The lowest BCUT2D eigenvalue weighted by Gasteiger charge is -2.14. The quantitative estimate of drug-likeness (QED) is 0.233. The molecule has 1 N–H and O–H groups in total. The number of carbonyl (C=O) groups is 1. The molecule has 8 heteroatoms. The number of ether oxygens (including phenoxy) is 2. The van der Waals surface area contributed by atoms with Crippen LogP contribution in [0.3, 0.4) is 0 Å². The van der Waals surface area contributed by atoms with Gasteiger partial charge in [-0.15, -0.1) is 0 Å². The number of amides is 1. The van der Waals surface area contributed by atoms with Gasteiger partial charge in [0.15, 0.2) is 16.7 Å².